The zero-order valence-corrected chi connectivity index (χ0v) is 23.1. The molecule has 0 aromatic heterocycles. The number of ether oxygens (including phenoxy) is 2. The SMILES string of the molecule is CCOC(=O)C(C)(CC(C)(C)C(C)(C)C(C)(C(=O)O)C(C)(C)SCCC(=O)OC)C(C)C. The van der Waals surface area contributed by atoms with Gasteiger partial charge in [0.15, 0.2) is 0 Å². The number of esters is 2. The van der Waals surface area contributed by atoms with E-state index >= 15 is 0 Å². The molecular weight excluding hydrogens is 428 g/mol. The lowest BCUT2D eigenvalue weighted by atomic mass is 9.47. The van der Waals surface area contributed by atoms with E-state index in [0.717, 1.165) is 0 Å². The summed E-state index contributed by atoms with van der Waals surface area (Å²) in [5.41, 5.74) is -3.18. The van der Waals surface area contributed by atoms with Gasteiger partial charge in [-0.3, -0.25) is 14.4 Å². The van der Waals surface area contributed by atoms with Crippen LogP contribution in [-0.2, 0) is 23.9 Å². The average molecular weight is 475 g/mol. The van der Waals surface area contributed by atoms with Crippen LogP contribution in [0.5, 0.6) is 0 Å². The summed E-state index contributed by atoms with van der Waals surface area (Å²) in [7, 11) is 1.35. The lowest BCUT2D eigenvalue weighted by Gasteiger charge is -2.58. The van der Waals surface area contributed by atoms with Crippen LogP contribution in [0, 0.1) is 27.6 Å². The zero-order valence-electron chi connectivity index (χ0n) is 22.3. The van der Waals surface area contributed by atoms with E-state index in [4.69, 9.17) is 9.47 Å². The van der Waals surface area contributed by atoms with Crippen molar-refractivity contribution >= 4 is 29.7 Å². The molecule has 0 rings (SSSR count). The van der Waals surface area contributed by atoms with Gasteiger partial charge in [0.25, 0.3) is 0 Å². The summed E-state index contributed by atoms with van der Waals surface area (Å²) in [6.07, 6.45) is 0.702. The van der Waals surface area contributed by atoms with E-state index in [2.05, 4.69) is 0 Å². The van der Waals surface area contributed by atoms with Crippen molar-refractivity contribution in [3.63, 3.8) is 0 Å². The van der Waals surface area contributed by atoms with Crippen molar-refractivity contribution in [2.45, 2.75) is 93.7 Å². The molecule has 0 saturated carbocycles. The van der Waals surface area contributed by atoms with E-state index in [1.807, 2.05) is 62.3 Å². The van der Waals surface area contributed by atoms with Gasteiger partial charge in [-0.1, -0.05) is 41.5 Å². The van der Waals surface area contributed by atoms with Gasteiger partial charge >= 0.3 is 17.9 Å². The van der Waals surface area contributed by atoms with Crippen LogP contribution in [0.2, 0.25) is 0 Å². The van der Waals surface area contributed by atoms with Crippen LogP contribution in [0.25, 0.3) is 0 Å². The molecule has 0 heterocycles. The Kier molecular flexibility index (Phi) is 10.4. The molecule has 0 spiro atoms. The molecule has 0 fully saturated rings. The molecule has 0 aromatic rings. The van der Waals surface area contributed by atoms with Crippen LogP contribution >= 0.6 is 11.8 Å². The van der Waals surface area contributed by atoms with E-state index in [1.165, 1.54) is 18.9 Å². The summed E-state index contributed by atoms with van der Waals surface area (Å²) < 4.78 is 9.43. The van der Waals surface area contributed by atoms with Crippen LogP contribution in [0.4, 0.5) is 0 Å². The molecule has 0 amide bonds. The minimum atomic E-state index is -1.17. The third-order valence-electron chi connectivity index (χ3n) is 8.40. The fourth-order valence-corrected chi connectivity index (χ4v) is 5.95. The van der Waals surface area contributed by atoms with Crippen LogP contribution in [0.3, 0.4) is 0 Å². The number of carbonyl (C=O) groups excluding carboxylic acids is 2. The molecule has 32 heavy (non-hydrogen) atoms. The minimum Gasteiger partial charge on any atom is -0.481 e. The number of carbonyl (C=O) groups is 3. The molecule has 1 N–H and O–H groups in total. The molecule has 2 unspecified atom stereocenters. The molecule has 0 aromatic carbocycles. The van der Waals surface area contributed by atoms with Gasteiger partial charge in [-0.2, -0.15) is 11.8 Å². The number of aliphatic carboxylic acids is 1. The third kappa shape index (κ3) is 5.81. The van der Waals surface area contributed by atoms with Gasteiger partial charge in [0.1, 0.15) is 0 Å². The van der Waals surface area contributed by atoms with Crippen molar-refractivity contribution in [2.24, 2.45) is 27.6 Å². The van der Waals surface area contributed by atoms with Crippen LogP contribution in [0.1, 0.15) is 89.0 Å². The van der Waals surface area contributed by atoms with Crippen molar-refractivity contribution in [2.75, 3.05) is 19.5 Å². The summed E-state index contributed by atoms with van der Waals surface area (Å²) in [6.45, 7) is 21.7. The first-order chi connectivity index (χ1) is 14.3. The van der Waals surface area contributed by atoms with E-state index in [9.17, 15) is 19.5 Å². The van der Waals surface area contributed by atoms with Crippen molar-refractivity contribution in [3.8, 4) is 0 Å². The summed E-state index contributed by atoms with van der Waals surface area (Å²) in [4.78, 5) is 37.4. The Hall–Kier alpha value is -1.24. The Morgan fingerprint density at radius 3 is 1.84 bits per heavy atom. The van der Waals surface area contributed by atoms with E-state index < -0.39 is 32.4 Å². The monoisotopic (exact) mass is 474 g/mol. The highest BCUT2D eigenvalue weighted by Crippen LogP contribution is 2.62. The standard InChI is InChI=1S/C25H46O6S/c1-13-31-20(29)24(10,17(2)3)16-21(4,5)22(6,7)25(11,19(27)28)23(8,9)32-15-14-18(26)30-12/h17H,13-16H2,1-12H3,(H,27,28). The summed E-state index contributed by atoms with van der Waals surface area (Å²) in [5, 5.41) is 10.5. The minimum absolute atomic E-state index is 0.0233. The summed E-state index contributed by atoms with van der Waals surface area (Å²) in [5.74, 6) is -0.968. The van der Waals surface area contributed by atoms with Crippen molar-refractivity contribution in [3.05, 3.63) is 0 Å². The first-order valence-corrected chi connectivity index (χ1v) is 12.4. The number of rotatable bonds is 13. The first-order valence-electron chi connectivity index (χ1n) is 11.4. The molecule has 0 aliphatic heterocycles. The van der Waals surface area contributed by atoms with Crippen LogP contribution in [-0.4, -0.2) is 47.2 Å². The first kappa shape index (κ1) is 30.8. The van der Waals surface area contributed by atoms with Crippen LogP contribution < -0.4 is 0 Å². The molecule has 0 aliphatic rings. The average Bonchev–Trinajstić information content (AvgIpc) is 2.65. The zero-order chi connectivity index (χ0) is 25.8. The molecule has 0 saturated heterocycles. The quantitative estimate of drug-likeness (QED) is 0.336. The van der Waals surface area contributed by atoms with Crippen molar-refractivity contribution in [1.29, 1.82) is 0 Å². The number of hydrogen-bond donors (Lipinski definition) is 1. The normalized spacial score (nSPS) is 16.8. The lowest BCUT2D eigenvalue weighted by Crippen LogP contribution is -2.60. The van der Waals surface area contributed by atoms with Crippen molar-refractivity contribution in [1.82, 2.24) is 0 Å². The van der Waals surface area contributed by atoms with E-state index in [-0.39, 0.29) is 24.3 Å². The highest BCUT2D eigenvalue weighted by atomic mass is 32.2. The van der Waals surface area contributed by atoms with Gasteiger partial charge in [0, 0.05) is 10.5 Å². The fourth-order valence-electron chi connectivity index (χ4n) is 4.54. The number of carboxylic acid groups (broad SMARTS) is 1. The second-order valence-corrected chi connectivity index (χ2v) is 12.8. The topological polar surface area (TPSA) is 89.9 Å². The van der Waals surface area contributed by atoms with E-state index in [1.54, 1.807) is 13.8 Å². The molecule has 0 radical (unpaired) electrons. The summed E-state index contributed by atoms with van der Waals surface area (Å²) >= 11 is 1.47. The number of thioether (sulfide) groups is 1. The Morgan fingerprint density at radius 2 is 1.47 bits per heavy atom. The predicted octanol–water partition coefficient (Wildman–Crippen LogP) is 5.82. The van der Waals surface area contributed by atoms with Gasteiger partial charge < -0.3 is 14.6 Å². The molecule has 7 heteroatoms. The van der Waals surface area contributed by atoms with E-state index in [0.29, 0.717) is 18.8 Å². The molecule has 0 aliphatic carbocycles. The maximum atomic E-state index is 12.9. The Balaban J connectivity index is 6.29. The van der Waals surface area contributed by atoms with Gasteiger partial charge in [-0.15, -0.1) is 0 Å². The molecule has 6 nitrogen and oxygen atoms in total. The largest absolute Gasteiger partial charge is 0.481 e. The maximum Gasteiger partial charge on any atom is 0.312 e. The molecular formula is C25H46O6S. The van der Waals surface area contributed by atoms with Gasteiger partial charge in [-0.05, 0) is 57.8 Å². The maximum absolute atomic E-state index is 12.9. The number of hydrogen-bond acceptors (Lipinski definition) is 6. The molecule has 2 atom stereocenters. The smallest absolute Gasteiger partial charge is 0.312 e. The van der Waals surface area contributed by atoms with Crippen molar-refractivity contribution < 1.29 is 29.0 Å². The Bertz CT molecular complexity index is 682. The highest BCUT2D eigenvalue weighted by molar-refractivity contribution is 8.00. The summed E-state index contributed by atoms with van der Waals surface area (Å²) in [6, 6.07) is 0. The number of methoxy groups -OCH3 is 1. The van der Waals surface area contributed by atoms with Gasteiger partial charge in [0.2, 0.25) is 0 Å². The second kappa shape index (κ2) is 10.8. The highest BCUT2D eigenvalue weighted by Gasteiger charge is 2.63. The lowest BCUT2D eigenvalue weighted by molar-refractivity contribution is -0.173. The fraction of sp³-hybridized carbons (Fsp3) is 0.880. The predicted molar refractivity (Wildman–Crippen MR) is 131 cm³/mol. The third-order valence-corrected chi connectivity index (χ3v) is 9.93. The Morgan fingerprint density at radius 1 is 0.969 bits per heavy atom. The Labute approximate surface area is 199 Å². The molecule has 0 bridgehead atoms. The number of carboxylic acids is 1. The van der Waals surface area contributed by atoms with Crippen LogP contribution in [0.15, 0.2) is 0 Å². The van der Waals surface area contributed by atoms with Gasteiger partial charge in [0.05, 0.1) is 31.0 Å². The molecule has 188 valence electrons. The second-order valence-electron chi connectivity index (χ2n) is 11.1. The van der Waals surface area contributed by atoms with Gasteiger partial charge in [-0.25, -0.2) is 0 Å².